The largest absolute Gasteiger partial charge is 0.248 e. The van der Waals surface area contributed by atoms with E-state index in [2.05, 4.69) is 103 Å². The lowest BCUT2D eigenvalue weighted by molar-refractivity contribution is 0.412. The van der Waals surface area contributed by atoms with E-state index in [1.807, 2.05) is 0 Å². The summed E-state index contributed by atoms with van der Waals surface area (Å²) in [5.74, 6) is 0. The first-order chi connectivity index (χ1) is 13.7. The van der Waals surface area contributed by atoms with Gasteiger partial charge in [0.15, 0.2) is 0 Å². The Hall–Kier alpha value is -2.42. The molecule has 0 aliphatic heterocycles. The van der Waals surface area contributed by atoms with Crippen LogP contribution in [0.3, 0.4) is 0 Å². The maximum absolute atomic E-state index is 5.05. The zero-order valence-corrected chi connectivity index (χ0v) is 20.0. The Labute approximate surface area is 180 Å². The van der Waals surface area contributed by atoms with Gasteiger partial charge in [0.25, 0.3) is 0 Å². The number of nitrogens with zero attached hydrogens (tertiary/aromatic N) is 3. The van der Waals surface area contributed by atoms with Crippen LogP contribution in [0.15, 0.2) is 36.4 Å². The minimum absolute atomic E-state index is 0.00908. The van der Waals surface area contributed by atoms with Gasteiger partial charge in [-0.15, -0.1) is 0 Å². The third kappa shape index (κ3) is 3.71. The van der Waals surface area contributed by atoms with Gasteiger partial charge < -0.3 is 0 Å². The number of aromatic nitrogens is 3. The number of benzene rings is 1. The number of fused-ring (bicyclic) bond motifs is 5. The number of hydrogen-bond donors (Lipinski definition) is 0. The minimum Gasteiger partial charge on any atom is -0.248 e. The van der Waals surface area contributed by atoms with Crippen LogP contribution in [0.4, 0.5) is 0 Å². The normalized spacial score (nSPS) is 13.6. The van der Waals surface area contributed by atoms with E-state index in [0.29, 0.717) is 0 Å². The zero-order chi connectivity index (χ0) is 22.1. The molecular weight excluding hydrogens is 366 g/mol. The summed E-state index contributed by atoms with van der Waals surface area (Å²) in [5, 5.41) is 6.25. The molecule has 30 heavy (non-hydrogen) atoms. The van der Waals surface area contributed by atoms with Gasteiger partial charge in [-0.2, -0.15) is 5.10 Å². The van der Waals surface area contributed by atoms with Crippen molar-refractivity contribution in [3.63, 3.8) is 0 Å². The molecule has 3 aromatic heterocycles. The molecule has 3 heterocycles. The summed E-state index contributed by atoms with van der Waals surface area (Å²) in [6.07, 6.45) is 1.01. The second-order valence-electron chi connectivity index (χ2n) is 12.0. The summed E-state index contributed by atoms with van der Waals surface area (Å²) in [5.41, 5.74) is 8.37. The SMILES string of the molecule is CC(C)(C)Cc1cc2c3nc(C(C)(C)C)ccc3nn2c2ccc(C(C)(C)C)cc12. The highest BCUT2D eigenvalue weighted by Crippen LogP contribution is 2.34. The van der Waals surface area contributed by atoms with Gasteiger partial charge in [-0.1, -0.05) is 68.4 Å². The van der Waals surface area contributed by atoms with E-state index in [-0.39, 0.29) is 16.2 Å². The first kappa shape index (κ1) is 20.8. The van der Waals surface area contributed by atoms with Gasteiger partial charge in [0.2, 0.25) is 0 Å². The Morgan fingerprint density at radius 3 is 2.07 bits per heavy atom. The maximum Gasteiger partial charge on any atom is 0.116 e. The first-order valence-corrected chi connectivity index (χ1v) is 11.0. The van der Waals surface area contributed by atoms with Crippen molar-refractivity contribution in [2.75, 3.05) is 0 Å². The second-order valence-corrected chi connectivity index (χ2v) is 12.0. The van der Waals surface area contributed by atoms with Crippen molar-refractivity contribution < 1.29 is 0 Å². The molecule has 4 aromatic rings. The quantitative estimate of drug-likeness (QED) is 0.337. The first-order valence-electron chi connectivity index (χ1n) is 11.0. The molecule has 4 rings (SSSR count). The van der Waals surface area contributed by atoms with E-state index < -0.39 is 0 Å². The van der Waals surface area contributed by atoms with E-state index in [9.17, 15) is 0 Å². The molecule has 0 spiro atoms. The molecule has 158 valence electrons. The van der Waals surface area contributed by atoms with Crippen LogP contribution in [-0.2, 0) is 17.3 Å². The van der Waals surface area contributed by atoms with Crippen LogP contribution in [-0.4, -0.2) is 14.6 Å². The van der Waals surface area contributed by atoms with Crippen LogP contribution in [0.1, 0.15) is 79.1 Å². The van der Waals surface area contributed by atoms with E-state index in [1.54, 1.807) is 0 Å². The van der Waals surface area contributed by atoms with Gasteiger partial charge >= 0.3 is 0 Å². The summed E-state index contributed by atoms with van der Waals surface area (Å²) in [4.78, 5) is 5.05. The molecule has 0 aliphatic rings. The number of rotatable bonds is 1. The van der Waals surface area contributed by atoms with Gasteiger partial charge in [-0.05, 0) is 58.7 Å². The topological polar surface area (TPSA) is 30.2 Å². The minimum atomic E-state index is 0.00908. The molecule has 0 N–H and O–H groups in total. The average molecular weight is 402 g/mol. The fraction of sp³-hybridized carbons (Fsp3) is 0.481. The molecule has 0 saturated heterocycles. The van der Waals surface area contributed by atoms with E-state index in [1.165, 1.54) is 16.5 Å². The molecule has 0 aliphatic carbocycles. The van der Waals surface area contributed by atoms with Gasteiger partial charge in [0.05, 0.1) is 11.0 Å². The number of hydrogen-bond acceptors (Lipinski definition) is 2. The second kappa shape index (κ2) is 6.54. The molecular formula is C27H35N3. The molecule has 3 heteroatoms. The van der Waals surface area contributed by atoms with E-state index in [0.717, 1.165) is 34.2 Å². The highest BCUT2D eigenvalue weighted by molar-refractivity contribution is 5.97. The predicted molar refractivity (Wildman–Crippen MR) is 129 cm³/mol. The Morgan fingerprint density at radius 2 is 1.47 bits per heavy atom. The predicted octanol–water partition coefficient (Wildman–Crippen LogP) is 7.22. The Balaban J connectivity index is 2.10. The van der Waals surface area contributed by atoms with Crippen LogP contribution in [0.5, 0.6) is 0 Å². The standard InChI is InChI=1S/C27H35N3/c1-25(2,3)16-17-14-22-24-20(11-13-23(28-24)27(7,8)9)29-30(22)21-12-10-18(15-19(17)21)26(4,5)6/h10-15H,16H2,1-9H3. The molecule has 1 aromatic carbocycles. The van der Waals surface area contributed by atoms with Crippen molar-refractivity contribution in [3.05, 3.63) is 53.2 Å². The van der Waals surface area contributed by atoms with Crippen molar-refractivity contribution >= 4 is 27.5 Å². The van der Waals surface area contributed by atoms with Crippen molar-refractivity contribution in [2.45, 2.75) is 79.6 Å². The molecule has 0 unspecified atom stereocenters. The molecule has 0 amide bonds. The highest BCUT2D eigenvalue weighted by Gasteiger charge is 2.22. The fourth-order valence-electron chi connectivity index (χ4n) is 4.12. The average Bonchev–Trinajstić information content (AvgIpc) is 2.96. The van der Waals surface area contributed by atoms with Gasteiger partial charge in [-0.25, -0.2) is 9.50 Å². The monoisotopic (exact) mass is 401 g/mol. The van der Waals surface area contributed by atoms with Crippen LogP contribution in [0, 0.1) is 5.41 Å². The summed E-state index contributed by atoms with van der Waals surface area (Å²) in [6, 6.07) is 13.4. The summed E-state index contributed by atoms with van der Waals surface area (Å²) in [7, 11) is 0. The molecule has 0 atom stereocenters. The van der Waals surface area contributed by atoms with Gasteiger partial charge in [0, 0.05) is 16.5 Å². The number of pyridine rings is 2. The molecule has 0 saturated carbocycles. The zero-order valence-electron chi connectivity index (χ0n) is 20.0. The lowest BCUT2D eigenvalue weighted by atomic mass is 9.83. The highest BCUT2D eigenvalue weighted by atomic mass is 15.2. The van der Waals surface area contributed by atoms with E-state index in [4.69, 9.17) is 10.1 Å². The third-order valence-electron chi connectivity index (χ3n) is 5.79. The van der Waals surface area contributed by atoms with Crippen LogP contribution in [0.2, 0.25) is 0 Å². The van der Waals surface area contributed by atoms with Crippen molar-refractivity contribution in [3.8, 4) is 0 Å². The van der Waals surface area contributed by atoms with Gasteiger partial charge in [0.1, 0.15) is 11.0 Å². The Morgan fingerprint density at radius 1 is 0.767 bits per heavy atom. The lowest BCUT2D eigenvalue weighted by Crippen LogP contribution is -2.13. The maximum atomic E-state index is 5.05. The lowest BCUT2D eigenvalue weighted by Gasteiger charge is -2.23. The molecule has 3 nitrogen and oxygen atoms in total. The van der Waals surface area contributed by atoms with Crippen molar-refractivity contribution in [1.29, 1.82) is 0 Å². The summed E-state index contributed by atoms with van der Waals surface area (Å²) < 4.78 is 2.10. The van der Waals surface area contributed by atoms with Gasteiger partial charge in [-0.3, -0.25) is 0 Å². The smallest absolute Gasteiger partial charge is 0.116 e. The molecule has 0 fully saturated rings. The summed E-state index contributed by atoms with van der Waals surface area (Å²) in [6.45, 7) is 20.4. The van der Waals surface area contributed by atoms with Crippen molar-refractivity contribution in [1.82, 2.24) is 14.6 Å². The Kier molecular flexibility index (Phi) is 4.54. The Bertz CT molecular complexity index is 1260. The van der Waals surface area contributed by atoms with Crippen LogP contribution in [0.25, 0.3) is 27.5 Å². The fourth-order valence-corrected chi connectivity index (χ4v) is 4.12. The molecule has 0 bridgehead atoms. The van der Waals surface area contributed by atoms with E-state index >= 15 is 0 Å². The summed E-state index contributed by atoms with van der Waals surface area (Å²) >= 11 is 0. The third-order valence-corrected chi connectivity index (χ3v) is 5.79. The van der Waals surface area contributed by atoms with Crippen LogP contribution < -0.4 is 0 Å². The van der Waals surface area contributed by atoms with Crippen LogP contribution >= 0.6 is 0 Å². The molecule has 0 radical (unpaired) electrons. The van der Waals surface area contributed by atoms with Crippen molar-refractivity contribution in [2.24, 2.45) is 5.41 Å².